The number of nitriles is 1. The molecule has 0 unspecified atom stereocenters. The van der Waals surface area contributed by atoms with Gasteiger partial charge in [0.2, 0.25) is 5.91 Å². The highest BCUT2D eigenvalue weighted by Gasteiger charge is 2.27. The maximum atomic E-state index is 12.6. The van der Waals surface area contributed by atoms with E-state index in [1.807, 2.05) is 0 Å². The van der Waals surface area contributed by atoms with E-state index in [0.29, 0.717) is 43.6 Å². The zero-order valence-corrected chi connectivity index (χ0v) is 17.9. The van der Waals surface area contributed by atoms with Gasteiger partial charge in [-0.05, 0) is 53.6 Å². The molecule has 0 aromatic heterocycles. The molecule has 156 valence electrons. The Morgan fingerprint density at radius 2 is 1.63 bits per heavy atom. The van der Waals surface area contributed by atoms with Gasteiger partial charge in [0, 0.05) is 31.1 Å². The summed E-state index contributed by atoms with van der Waals surface area (Å²) in [5, 5.41) is 11.9. The topological polar surface area (TPSA) is 73.2 Å². The van der Waals surface area contributed by atoms with Gasteiger partial charge in [0.25, 0.3) is 5.91 Å². The van der Waals surface area contributed by atoms with Gasteiger partial charge in [0.1, 0.15) is 0 Å². The molecule has 2 aromatic carbocycles. The number of carbonyl (C=O) groups excluding carboxylic acids is 2. The van der Waals surface area contributed by atoms with Crippen LogP contribution in [0.1, 0.15) is 60.7 Å². The van der Waals surface area contributed by atoms with Gasteiger partial charge in [-0.1, -0.05) is 45.0 Å². The van der Waals surface area contributed by atoms with E-state index in [1.54, 1.807) is 29.2 Å². The van der Waals surface area contributed by atoms with E-state index >= 15 is 0 Å². The van der Waals surface area contributed by atoms with E-state index < -0.39 is 0 Å². The number of hydrogen-bond donors (Lipinski definition) is 1. The third-order valence-corrected chi connectivity index (χ3v) is 5.70. The summed E-state index contributed by atoms with van der Waals surface area (Å²) in [7, 11) is 0. The number of benzene rings is 2. The van der Waals surface area contributed by atoms with Crippen molar-refractivity contribution < 1.29 is 9.59 Å². The third-order valence-electron chi connectivity index (χ3n) is 5.70. The molecular weight excluding hydrogens is 374 g/mol. The number of hydrogen-bond acceptors (Lipinski definition) is 3. The van der Waals surface area contributed by atoms with E-state index in [-0.39, 0.29) is 23.1 Å². The second kappa shape index (κ2) is 9.13. The first kappa shape index (κ1) is 21.6. The normalized spacial score (nSPS) is 14.8. The molecule has 1 aliphatic rings. The molecule has 0 saturated carbocycles. The quantitative estimate of drug-likeness (QED) is 0.838. The number of piperidine rings is 1. The lowest BCUT2D eigenvalue weighted by Gasteiger charge is -2.31. The average molecular weight is 404 g/mol. The number of amides is 2. The lowest BCUT2D eigenvalue weighted by Crippen LogP contribution is -2.42. The van der Waals surface area contributed by atoms with Crippen LogP contribution >= 0.6 is 0 Å². The van der Waals surface area contributed by atoms with Crippen LogP contribution in [0, 0.1) is 17.2 Å². The van der Waals surface area contributed by atoms with Gasteiger partial charge in [-0.3, -0.25) is 9.59 Å². The van der Waals surface area contributed by atoms with Crippen molar-refractivity contribution in [3.05, 3.63) is 70.8 Å². The van der Waals surface area contributed by atoms with Crippen molar-refractivity contribution in [2.45, 2.75) is 45.6 Å². The highest BCUT2D eigenvalue weighted by molar-refractivity contribution is 5.94. The van der Waals surface area contributed by atoms with Crippen LogP contribution in [-0.4, -0.2) is 29.8 Å². The third kappa shape index (κ3) is 5.27. The molecule has 0 radical (unpaired) electrons. The van der Waals surface area contributed by atoms with Crippen LogP contribution in [0.3, 0.4) is 0 Å². The van der Waals surface area contributed by atoms with Crippen molar-refractivity contribution in [2.75, 3.05) is 13.1 Å². The smallest absolute Gasteiger partial charge is 0.253 e. The van der Waals surface area contributed by atoms with E-state index in [2.05, 4.69) is 56.4 Å². The minimum atomic E-state index is -0.0659. The molecule has 2 aromatic rings. The molecule has 1 fully saturated rings. The molecule has 2 amide bonds. The van der Waals surface area contributed by atoms with Crippen LogP contribution in [-0.2, 0) is 16.8 Å². The van der Waals surface area contributed by atoms with Crippen molar-refractivity contribution in [2.24, 2.45) is 5.92 Å². The Bertz CT molecular complexity index is 926. The van der Waals surface area contributed by atoms with Crippen LogP contribution in [0.2, 0.25) is 0 Å². The zero-order valence-electron chi connectivity index (χ0n) is 17.9. The van der Waals surface area contributed by atoms with Gasteiger partial charge in [-0.2, -0.15) is 5.26 Å². The maximum absolute atomic E-state index is 12.6. The summed E-state index contributed by atoms with van der Waals surface area (Å²) in [6, 6.07) is 17.1. The van der Waals surface area contributed by atoms with Crippen molar-refractivity contribution in [3.8, 4) is 6.07 Å². The Labute approximate surface area is 178 Å². The summed E-state index contributed by atoms with van der Waals surface area (Å²) in [6.45, 7) is 8.20. The zero-order chi connectivity index (χ0) is 21.7. The Morgan fingerprint density at radius 1 is 1.03 bits per heavy atom. The molecule has 5 nitrogen and oxygen atoms in total. The number of nitrogens with one attached hydrogen (secondary N) is 1. The van der Waals surface area contributed by atoms with Crippen molar-refractivity contribution in [3.63, 3.8) is 0 Å². The molecular formula is C25H29N3O2. The van der Waals surface area contributed by atoms with Gasteiger partial charge >= 0.3 is 0 Å². The monoisotopic (exact) mass is 403 g/mol. The number of likely N-dealkylation sites (tertiary alicyclic amines) is 1. The van der Waals surface area contributed by atoms with Gasteiger partial charge in [-0.15, -0.1) is 0 Å². The second-order valence-corrected chi connectivity index (χ2v) is 8.92. The molecule has 1 heterocycles. The van der Waals surface area contributed by atoms with E-state index in [0.717, 1.165) is 5.56 Å². The molecule has 1 aliphatic heterocycles. The Morgan fingerprint density at radius 3 is 2.17 bits per heavy atom. The summed E-state index contributed by atoms with van der Waals surface area (Å²) in [5.41, 5.74) is 3.59. The first-order valence-electron chi connectivity index (χ1n) is 10.4. The highest BCUT2D eigenvalue weighted by Crippen LogP contribution is 2.23. The molecule has 3 rings (SSSR count). The second-order valence-electron chi connectivity index (χ2n) is 8.92. The van der Waals surface area contributed by atoms with Gasteiger partial charge in [0.15, 0.2) is 0 Å². The molecule has 0 atom stereocenters. The SMILES string of the molecule is CC(C)(C)c1ccc(CNC(=O)C2CCN(C(=O)c3ccc(C#N)cc3)CC2)cc1. The van der Waals surface area contributed by atoms with Crippen LogP contribution in [0.25, 0.3) is 0 Å². The summed E-state index contributed by atoms with van der Waals surface area (Å²) < 4.78 is 0. The molecule has 1 N–H and O–H groups in total. The first-order chi connectivity index (χ1) is 14.3. The van der Waals surface area contributed by atoms with Gasteiger partial charge in [-0.25, -0.2) is 0 Å². The molecule has 0 aliphatic carbocycles. The standard InChI is InChI=1S/C25H29N3O2/c1-25(2,3)22-10-6-19(7-11-22)17-27-23(29)20-12-14-28(15-13-20)24(30)21-8-4-18(16-26)5-9-21/h4-11,20H,12-15,17H2,1-3H3,(H,27,29). The van der Waals surface area contributed by atoms with E-state index in [1.165, 1.54) is 5.56 Å². The van der Waals surface area contributed by atoms with Gasteiger partial charge < -0.3 is 10.2 Å². The van der Waals surface area contributed by atoms with Crippen molar-refractivity contribution in [1.82, 2.24) is 10.2 Å². The molecule has 30 heavy (non-hydrogen) atoms. The molecule has 1 saturated heterocycles. The fraction of sp³-hybridized carbons (Fsp3) is 0.400. The highest BCUT2D eigenvalue weighted by atomic mass is 16.2. The van der Waals surface area contributed by atoms with E-state index in [4.69, 9.17) is 5.26 Å². The van der Waals surface area contributed by atoms with Crippen LogP contribution in [0.5, 0.6) is 0 Å². The van der Waals surface area contributed by atoms with Crippen molar-refractivity contribution >= 4 is 11.8 Å². The number of nitrogens with zero attached hydrogens (tertiary/aromatic N) is 2. The average Bonchev–Trinajstić information content (AvgIpc) is 2.77. The Hall–Kier alpha value is -3.13. The minimum Gasteiger partial charge on any atom is -0.352 e. The van der Waals surface area contributed by atoms with Gasteiger partial charge in [0.05, 0.1) is 11.6 Å². The predicted octanol–water partition coefficient (Wildman–Crippen LogP) is 4.02. The fourth-order valence-electron chi connectivity index (χ4n) is 3.67. The summed E-state index contributed by atoms with van der Waals surface area (Å²) in [5.74, 6) is -0.0541. The summed E-state index contributed by atoms with van der Waals surface area (Å²) >= 11 is 0. The maximum Gasteiger partial charge on any atom is 0.253 e. The summed E-state index contributed by atoms with van der Waals surface area (Å²) in [4.78, 5) is 27.0. The fourth-order valence-corrected chi connectivity index (χ4v) is 3.67. The lowest BCUT2D eigenvalue weighted by molar-refractivity contribution is -0.126. The minimum absolute atomic E-state index is 0.0442. The number of rotatable bonds is 4. The lowest BCUT2D eigenvalue weighted by atomic mass is 9.87. The largest absolute Gasteiger partial charge is 0.352 e. The molecule has 5 heteroatoms. The Balaban J connectivity index is 1.48. The van der Waals surface area contributed by atoms with E-state index in [9.17, 15) is 9.59 Å². The molecule has 0 spiro atoms. The van der Waals surface area contributed by atoms with Crippen LogP contribution < -0.4 is 5.32 Å². The predicted molar refractivity (Wildman–Crippen MR) is 117 cm³/mol. The molecule has 0 bridgehead atoms. The van der Waals surface area contributed by atoms with Crippen molar-refractivity contribution in [1.29, 1.82) is 5.26 Å². The van der Waals surface area contributed by atoms with Crippen LogP contribution in [0.15, 0.2) is 48.5 Å². The number of carbonyl (C=O) groups is 2. The summed E-state index contributed by atoms with van der Waals surface area (Å²) in [6.07, 6.45) is 1.33. The van der Waals surface area contributed by atoms with Crippen LogP contribution in [0.4, 0.5) is 0 Å². The Kier molecular flexibility index (Phi) is 6.56. The first-order valence-corrected chi connectivity index (χ1v) is 10.4.